The lowest BCUT2D eigenvalue weighted by molar-refractivity contribution is -0.0662. The van der Waals surface area contributed by atoms with Crippen molar-refractivity contribution in [1.82, 2.24) is 10.2 Å². The molecule has 2 rings (SSSR count). The molecule has 1 unspecified atom stereocenters. The van der Waals surface area contributed by atoms with Crippen molar-refractivity contribution in [3.8, 4) is 0 Å². The van der Waals surface area contributed by atoms with Crippen molar-refractivity contribution in [3.63, 3.8) is 0 Å². The largest absolute Gasteiger partial charge is 0.367 e. The first-order chi connectivity index (χ1) is 8.68. The average Bonchev–Trinajstić information content (AvgIpc) is 2.68. The van der Waals surface area contributed by atoms with Crippen LogP contribution in [0.15, 0.2) is 0 Å². The van der Waals surface area contributed by atoms with Gasteiger partial charge in [-0.2, -0.15) is 0 Å². The van der Waals surface area contributed by atoms with Crippen LogP contribution < -0.4 is 5.32 Å². The predicted molar refractivity (Wildman–Crippen MR) is 79.7 cm³/mol. The van der Waals surface area contributed by atoms with Gasteiger partial charge in [-0.1, -0.05) is 25.2 Å². The van der Waals surface area contributed by atoms with Gasteiger partial charge in [0.05, 0.1) is 17.2 Å². The molecule has 1 aliphatic heterocycles. The van der Waals surface area contributed by atoms with E-state index in [2.05, 4.69) is 57.1 Å². The fourth-order valence-electron chi connectivity index (χ4n) is 2.68. The molecule has 0 aliphatic carbocycles. The lowest BCUT2D eigenvalue weighted by Gasteiger charge is -2.27. The number of aromatic nitrogens is 2. The Morgan fingerprint density at radius 1 is 1.32 bits per heavy atom. The van der Waals surface area contributed by atoms with Gasteiger partial charge in [0.2, 0.25) is 5.13 Å². The molecule has 0 spiro atoms. The molecule has 1 atom stereocenters. The normalized spacial score (nSPS) is 24.9. The summed E-state index contributed by atoms with van der Waals surface area (Å²) in [5.41, 5.74) is -0.250. The molecule has 1 aromatic rings. The maximum Gasteiger partial charge on any atom is 0.205 e. The Morgan fingerprint density at radius 2 is 2.00 bits per heavy atom. The molecule has 1 saturated heterocycles. The van der Waals surface area contributed by atoms with Crippen LogP contribution in [-0.4, -0.2) is 27.4 Å². The van der Waals surface area contributed by atoms with Gasteiger partial charge in [-0.05, 0) is 40.0 Å². The summed E-state index contributed by atoms with van der Waals surface area (Å²) in [6.45, 7) is 12.9. The van der Waals surface area contributed by atoms with Crippen molar-refractivity contribution < 1.29 is 4.74 Å². The summed E-state index contributed by atoms with van der Waals surface area (Å²) in [5, 5.41) is 14.0. The van der Waals surface area contributed by atoms with Crippen LogP contribution in [0.1, 0.15) is 53.0 Å². The number of hydrogen-bond donors (Lipinski definition) is 1. The molecule has 108 valence electrons. The fourth-order valence-corrected chi connectivity index (χ4v) is 3.68. The van der Waals surface area contributed by atoms with E-state index in [1.165, 1.54) is 0 Å². The van der Waals surface area contributed by atoms with E-state index >= 15 is 0 Å². The third-order valence-corrected chi connectivity index (χ3v) is 4.30. The fraction of sp³-hybridized carbons (Fsp3) is 0.857. The highest BCUT2D eigenvalue weighted by Gasteiger charge is 2.46. The van der Waals surface area contributed by atoms with E-state index in [0.29, 0.717) is 5.92 Å². The minimum atomic E-state index is -0.173. The molecular weight excluding hydrogens is 258 g/mol. The number of hydrogen-bond acceptors (Lipinski definition) is 5. The molecule has 5 heteroatoms. The van der Waals surface area contributed by atoms with Gasteiger partial charge in [0, 0.05) is 6.42 Å². The van der Waals surface area contributed by atoms with Crippen LogP contribution in [0.2, 0.25) is 0 Å². The molecule has 1 aromatic heterocycles. The number of nitrogens with zero attached hydrogens (tertiary/aromatic N) is 2. The zero-order chi connectivity index (χ0) is 14.3. The summed E-state index contributed by atoms with van der Waals surface area (Å²) in [5.74, 6) is 0.617. The summed E-state index contributed by atoms with van der Waals surface area (Å²) < 4.78 is 6.09. The van der Waals surface area contributed by atoms with Crippen LogP contribution in [0.3, 0.4) is 0 Å². The minimum absolute atomic E-state index is 0.0768. The van der Waals surface area contributed by atoms with Gasteiger partial charge in [-0.3, -0.25) is 0 Å². The molecule has 0 amide bonds. The molecule has 0 saturated carbocycles. The van der Waals surface area contributed by atoms with Crippen molar-refractivity contribution in [3.05, 3.63) is 5.01 Å². The first-order valence-electron chi connectivity index (χ1n) is 6.97. The third-order valence-electron chi connectivity index (χ3n) is 3.42. The van der Waals surface area contributed by atoms with Gasteiger partial charge in [-0.25, -0.2) is 0 Å². The first kappa shape index (κ1) is 14.7. The average molecular weight is 283 g/mol. The molecule has 19 heavy (non-hydrogen) atoms. The third kappa shape index (κ3) is 3.66. The number of rotatable bonds is 4. The molecule has 0 bridgehead atoms. The van der Waals surface area contributed by atoms with Crippen molar-refractivity contribution >= 4 is 16.5 Å². The summed E-state index contributed by atoms with van der Waals surface area (Å²) in [6.07, 6.45) is 1.98. The molecule has 0 radical (unpaired) electrons. The zero-order valence-corrected chi connectivity index (χ0v) is 13.6. The van der Waals surface area contributed by atoms with Crippen LogP contribution in [0.25, 0.3) is 0 Å². The van der Waals surface area contributed by atoms with E-state index in [1.807, 2.05) is 0 Å². The second kappa shape index (κ2) is 5.02. The van der Waals surface area contributed by atoms with E-state index in [1.54, 1.807) is 11.3 Å². The van der Waals surface area contributed by atoms with Crippen LogP contribution >= 0.6 is 11.3 Å². The van der Waals surface area contributed by atoms with Crippen LogP contribution in [0, 0.1) is 5.92 Å². The van der Waals surface area contributed by atoms with Gasteiger partial charge in [-0.15, -0.1) is 10.2 Å². The van der Waals surface area contributed by atoms with Crippen molar-refractivity contribution in [1.29, 1.82) is 0 Å². The van der Waals surface area contributed by atoms with Gasteiger partial charge < -0.3 is 10.1 Å². The van der Waals surface area contributed by atoms with E-state index in [-0.39, 0.29) is 17.2 Å². The summed E-state index contributed by atoms with van der Waals surface area (Å²) >= 11 is 1.66. The SMILES string of the molecule is CC(C)Cc1nnc(NC2CC(C)(C)OC2(C)C)s1. The standard InChI is InChI=1S/C14H25N3OS/c1-9(2)7-11-16-17-12(19-11)15-10-8-13(3,4)18-14(10,5)6/h9-10H,7-8H2,1-6H3,(H,15,17). The van der Waals surface area contributed by atoms with E-state index < -0.39 is 0 Å². The first-order valence-corrected chi connectivity index (χ1v) is 7.79. The predicted octanol–water partition coefficient (Wildman–Crippen LogP) is 3.49. The Morgan fingerprint density at radius 3 is 2.53 bits per heavy atom. The smallest absolute Gasteiger partial charge is 0.205 e. The van der Waals surface area contributed by atoms with Crippen LogP contribution in [0.4, 0.5) is 5.13 Å². The number of anilines is 1. The maximum absolute atomic E-state index is 6.09. The van der Waals surface area contributed by atoms with E-state index in [0.717, 1.165) is 23.0 Å². The monoisotopic (exact) mass is 283 g/mol. The molecule has 0 aromatic carbocycles. The van der Waals surface area contributed by atoms with E-state index in [9.17, 15) is 0 Å². The van der Waals surface area contributed by atoms with Gasteiger partial charge in [0.15, 0.2) is 0 Å². The van der Waals surface area contributed by atoms with Crippen molar-refractivity contribution in [2.75, 3.05) is 5.32 Å². The summed E-state index contributed by atoms with van der Waals surface area (Å²) in [6, 6.07) is 0.280. The Bertz CT molecular complexity index is 440. The van der Waals surface area contributed by atoms with Gasteiger partial charge >= 0.3 is 0 Å². The minimum Gasteiger partial charge on any atom is -0.367 e. The summed E-state index contributed by atoms with van der Waals surface area (Å²) in [7, 11) is 0. The summed E-state index contributed by atoms with van der Waals surface area (Å²) in [4.78, 5) is 0. The Balaban J connectivity index is 2.03. The lowest BCUT2D eigenvalue weighted by Crippen LogP contribution is -2.38. The van der Waals surface area contributed by atoms with Gasteiger partial charge in [0.1, 0.15) is 5.01 Å². The molecule has 2 heterocycles. The molecule has 1 aliphatic rings. The van der Waals surface area contributed by atoms with Crippen molar-refractivity contribution in [2.45, 2.75) is 71.6 Å². The zero-order valence-electron chi connectivity index (χ0n) is 12.8. The topological polar surface area (TPSA) is 47.0 Å². The van der Waals surface area contributed by atoms with Crippen molar-refractivity contribution in [2.24, 2.45) is 5.92 Å². The number of ether oxygens (including phenoxy) is 1. The quantitative estimate of drug-likeness (QED) is 0.919. The molecular formula is C14H25N3OS. The molecule has 1 fully saturated rings. The second-order valence-electron chi connectivity index (χ2n) is 6.97. The van der Waals surface area contributed by atoms with Gasteiger partial charge in [0.25, 0.3) is 0 Å². The van der Waals surface area contributed by atoms with Crippen LogP contribution in [0.5, 0.6) is 0 Å². The highest BCUT2D eigenvalue weighted by Crippen LogP contribution is 2.39. The molecule has 4 nitrogen and oxygen atoms in total. The molecule has 1 N–H and O–H groups in total. The highest BCUT2D eigenvalue weighted by molar-refractivity contribution is 7.15. The highest BCUT2D eigenvalue weighted by atomic mass is 32.1. The van der Waals surface area contributed by atoms with Crippen LogP contribution in [-0.2, 0) is 11.2 Å². The maximum atomic E-state index is 6.09. The Kier molecular flexibility index (Phi) is 3.89. The van der Waals surface area contributed by atoms with E-state index in [4.69, 9.17) is 4.74 Å². The Labute approximate surface area is 120 Å². The number of nitrogens with one attached hydrogen (secondary N) is 1. The Hall–Kier alpha value is -0.680. The lowest BCUT2D eigenvalue weighted by atomic mass is 9.95. The second-order valence-corrected chi connectivity index (χ2v) is 8.03.